The number of hydrogen-bond donors (Lipinski definition) is 1. The van der Waals surface area contributed by atoms with Gasteiger partial charge in [-0.2, -0.15) is 0 Å². The van der Waals surface area contributed by atoms with Crippen LogP contribution in [0.15, 0.2) is 24.3 Å². The van der Waals surface area contributed by atoms with Crippen molar-refractivity contribution in [2.24, 2.45) is 0 Å². The summed E-state index contributed by atoms with van der Waals surface area (Å²) in [7, 11) is 0. The highest BCUT2D eigenvalue weighted by Crippen LogP contribution is 2.13. The van der Waals surface area contributed by atoms with Gasteiger partial charge in [-0.1, -0.05) is 31.2 Å². The fourth-order valence-electron chi connectivity index (χ4n) is 2.31. The van der Waals surface area contributed by atoms with Crippen molar-refractivity contribution in [3.8, 4) is 12.3 Å². The molecule has 0 aliphatic carbocycles. The summed E-state index contributed by atoms with van der Waals surface area (Å²) in [6.45, 7) is 5.40. The zero-order valence-corrected chi connectivity index (χ0v) is 11.7. The first-order valence-electron chi connectivity index (χ1n) is 6.99. The standard InChI is InChI=1S/C17H25N/c1-4-6-7-12-17(18-5-2)14-13-16-11-9-8-10-15(16)3/h1,8-11,17-18H,5-7,12-14H2,2-3H3. The number of nitrogens with one attached hydrogen (secondary N) is 1. The van der Waals surface area contributed by atoms with Crippen LogP contribution in [0.5, 0.6) is 0 Å². The van der Waals surface area contributed by atoms with Gasteiger partial charge in [0.05, 0.1) is 0 Å². The van der Waals surface area contributed by atoms with Crippen molar-refractivity contribution in [3.05, 3.63) is 35.4 Å². The van der Waals surface area contributed by atoms with Crippen LogP contribution in [0.25, 0.3) is 0 Å². The van der Waals surface area contributed by atoms with E-state index in [9.17, 15) is 0 Å². The van der Waals surface area contributed by atoms with Crippen molar-refractivity contribution < 1.29 is 0 Å². The van der Waals surface area contributed by atoms with Crippen molar-refractivity contribution >= 4 is 0 Å². The van der Waals surface area contributed by atoms with Crippen LogP contribution < -0.4 is 5.32 Å². The second-order valence-corrected chi connectivity index (χ2v) is 4.82. The lowest BCUT2D eigenvalue weighted by Crippen LogP contribution is -2.29. The summed E-state index contributed by atoms with van der Waals surface area (Å²) in [6, 6.07) is 9.26. The van der Waals surface area contributed by atoms with E-state index in [0.29, 0.717) is 6.04 Å². The van der Waals surface area contributed by atoms with Crippen LogP contribution in [0.2, 0.25) is 0 Å². The molecule has 0 aromatic heterocycles. The molecule has 0 radical (unpaired) electrons. The maximum Gasteiger partial charge on any atom is 0.00866 e. The molecule has 0 saturated heterocycles. The fraction of sp³-hybridized carbons (Fsp3) is 0.529. The predicted molar refractivity (Wildman–Crippen MR) is 79.6 cm³/mol. The first-order chi connectivity index (χ1) is 8.77. The van der Waals surface area contributed by atoms with E-state index >= 15 is 0 Å². The molecular formula is C17H25N. The zero-order chi connectivity index (χ0) is 13.2. The topological polar surface area (TPSA) is 12.0 Å². The molecule has 98 valence electrons. The Morgan fingerprint density at radius 1 is 1.28 bits per heavy atom. The second-order valence-electron chi connectivity index (χ2n) is 4.82. The second kappa shape index (κ2) is 8.78. The van der Waals surface area contributed by atoms with Crippen molar-refractivity contribution in [2.45, 2.75) is 52.0 Å². The minimum Gasteiger partial charge on any atom is -0.314 e. The Bertz CT molecular complexity index is 375. The van der Waals surface area contributed by atoms with Gasteiger partial charge in [-0.25, -0.2) is 0 Å². The molecule has 1 rings (SSSR count). The number of rotatable bonds is 8. The smallest absolute Gasteiger partial charge is 0.00866 e. The van der Waals surface area contributed by atoms with Gasteiger partial charge in [-0.3, -0.25) is 0 Å². The number of aryl methyl sites for hydroxylation is 2. The van der Waals surface area contributed by atoms with Crippen LogP contribution in [0.3, 0.4) is 0 Å². The van der Waals surface area contributed by atoms with E-state index in [1.54, 1.807) is 0 Å². The fourth-order valence-corrected chi connectivity index (χ4v) is 2.31. The van der Waals surface area contributed by atoms with E-state index in [1.807, 2.05) is 0 Å². The first kappa shape index (κ1) is 14.8. The van der Waals surface area contributed by atoms with E-state index in [0.717, 1.165) is 25.8 Å². The number of hydrogen-bond acceptors (Lipinski definition) is 1. The van der Waals surface area contributed by atoms with Crippen molar-refractivity contribution in [3.63, 3.8) is 0 Å². The quantitative estimate of drug-likeness (QED) is 0.542. The Kier molecular flexibility index (Phi) is 7.22. The van der Waals surface area contributed by atoms with Crippen molar-refractivity contribution in [2.75, 3.05) is 6.54 Å². The number of unbranched alkanes of at least 4 members (excludes halogenated alkanes) is 1. The van der Waals surface area contributed by atoms with Crippen LogP contribution in [0.1, 0.15) is 43.7 Å². The highest BCUT2D eigenvalue weighted by atomic mass is 14.9. The molecule has 0 aliphatic heterocycles. The Hall–Kier alpha value is -1.26. The SMILES string of the molecule is C#CCCCC(CCc1ccccc1C)NCC. The maximum absolute atomic E-state index is 5.30. The molecule has 1 nitrogen and oxygen atoms in total. The third kappa shape index (κ3) is 5.38. The van der Waals surface area contributed by atoms with Crippen LogP contribution in [0, 0.1) is 19.3 Å². The lowest BCUT2D eigenvalue weighted by molar-refractivity contribution is 0.454. The van der Waals surface area contributed by atoms with Gasteiger partial charge in [0.2, 0.25) is 0 Å². The molecule has 1 unspecified atom stereocenters. The van der Waals surface area contributed by atoms with Crippen LogP contribution in [-0.2, 0) is 6.42 Å². The summed E-state index contributed by atoms with van der Waals surface area (Å²) in [5, 5.41) is 3.56. The van der Waals surface area contributed by atoms with Gasteiger partial charge in [-0.15, -0.1) is 12.3 Å². The summed E-state index contributed by atoms with van der Waals surface area (Å²) >= 11 is 0. The highest BCUT2D eigenvalue weighted by molar-refractivity contribution is 5.25. The summed E-state index contributed by atoms with van der Waals surface area (Å²) in [6.07, 6.45) is 10.9. The molecule has 18 heavy (non-hydrogen) atoms. The normalized spacial score (nSPS) is 12.1. The van der Waals surface area contributed by atoms with Crippen LogP contribution in [-0.4, -0.2) is 12.6 Å². The largest absolute Gasteiger partial charge is 0.314 e. The van der Waals surface area contributed by atoms with Gasteiger partial charge < -0.3 is 5.32 Å². The van der Waals surface area contributed by atoms with Crippen molar-refractivity contribution in [1.82, 2.24) is 5.32 Å². The van der Waals surface area contributed by atoms with Gasteiger partial charge in [0.1, 0.15) is 0 Å². The van der Waals surface area contributed by atoms with Gasteiger partial charge >= 0.3 is 0 Å². The zero-order valence-electron chi connectivity index (χ0n) is 11.7. The Balaban J connectivity index is 2.41. The molecule has 1 atom stereocenters. The Labute approximate surface area is 112 Å². The van der Waals surface area contributed by atoms with E-state index in [-0.39, 0.29) is 0 Å². The molecule has 0 fully saturated rings. The third-order valence-electron chi connectivity index (χ3n) is 3.39. The maximum atomic E-state index is 5.30. The lowest BCUT2D eigenvalue weighted by Gasteiger charge is -2.18. The molecule has 1 heteroatoms. The Morgan fingerprint density at radius 3 is 2.72 bits per heavy atom. The number of terminal acetylenes is 1. The van der Waals surface area contributed by atoms with Gasteiger partial charge in [0.15, 0.2) is 0 Å². The molecule has 0 aliphatic rings. The van der Waals surface area contributed by atoms with Crippen molar-refractivity contribution in [1.29, 1.82) is 0 Å². The average Bonchev–Trinajstić information content (AvgIpc) is 2.38. The molecular weight excluding hydrogens is 218 g/mol. The van der Waals surface area contributed by atoms with E-state index in [2.05, 4.69) is 49.4 Å². The summed E-state index contributed by atoms with van der Waals surface area (Å²) < 4.78 is 0. The molecule has 0 amide bonds. The van der Waals surface area contributed by atoms with Gasteiger partial charge in [0, 0.05) is 12.5 Å². The van der Waals surface area contributed by atoms with E-state index in [4.69, 9.17) is 6.42 Å². The average molecular weight is 243 g/mol. The molecule has 1 aromatic rings. The van der Waals surface area contributed by atoms with Crippen LogP contribution in [0.4, 0.5) is 0 Å². The molecule has 1 aromatic carbocycles. The van der Waals surface area contributed by atoms with Crippen LogP contribution >= 0.6 is 0 Å². The predicted octanol–water partition coefficient (Wildman–Crippen LogP) is 3.71. The first-order valence-corrected chi connectivity index (χ1v) is 6.99. The van der Waals surface area contributed by atoms with Gasteiger partial charge in [-0.05, 0) is 50.3 Å². The molecule has 0 saturated carbocycles. The van der Waals surface area contributed by atoms with Gasteiger partial charge in [0.25, 0.3) is 0 Å². The minimum absolute atomic E-state index is 0.600. The summed E-state index contributed by atoms with van der Waals surface area (Å²) in [5.41, 5.74) is 2.87. The Morgan fingerprint density at radius 2 is 2.06 bits per heavy atom. The van der Waals surface area contributed by atoms with E-state index < -0.39 is 0 Å². The molecule has 1 N–H and O–H groups in total. The summed E-state index contributed by atoms with van der Waals surface area (Å²) in [5.74, 6) is 2.72. The highest BCUT2D eigenvalue weighted by Gasteiger charge is 2.07. The van der Waals surface area contributed by atoms with E-state index in [1.165, 1.54) is 24.0 Å². The minimum atomic E-state index is 0.600. The molecule has 0 spiro atoms. The summed E-state index contributed by atoms with van der Waals surface area (Å²) in [4.78, 5) is 0. The molecule has 0 bridgehead atoms. The number of benzene rings is 1. The third-order valence-corrected chi connectivity index (χ3v) is 3.39. The lowest BCUT2D eigenvalue weighted by atomic mass is 9.98. The molecule has 0 heterocycles. The monoisotopic (exact) mass is 243 g/mol.